The zero-order valence-corrected chi connectivity index (χ0v) is 11.7. The van der Waals surface area contributed by atoms with Gasteiger partial charge in [-0.2, -0.15) is 14.8 Å². The molecule has 0 aliphatic carbocycles. The topological polar surface area (TPSA) is 111 Å². The molecule has 0 fully saturated rings. The quantitative estimate of drug-likeness (QED) is 0.797. The molecule has 112 valence electrons. The van der Waals surface area contributed by atoms with Crippen LogP contribution in [0.15, 0.2) is 17.0 Å². The van der Waals surface area contributed by atoms with Gasteiger partial charge in [0.2, 0.25) is 10.0 Å². The summed E-state index contributed by atoms with van der Waals surface area (Å²) in [7, 11) is -4.39. The number of rotatable bonds is 6. The summed E-state index contributed by atoms with van der Waals surface area (Å²) in [5.74, 6) is -2.92. The summed E-state index contributed by atoms with van der Waals surface area (Å²) < 4.78 is 52.4. The maximum Gasteiger partial charge on any atom is 0.246 e. The number of sulfonamides is 1. The Hall–Kier alpha value is -2.23. The van der Waals surface area contributed by atoms with Crippen LogP contribution in [-0.4, -0.2) is 25.8 Å². The van der Waals surface area contributed by atoms with Gasteiger partial charge in [-0.15, -0.1) is 0 Å². The molecule has 0 bridgehead atoms. The summed E-state index contributed by atoms with van der Waals surface area (Å²) in [6.07, 6.45) is -0.284. The second-order valence-electron chi connectivity index (χ2n) is 4.04. The summed E-state index contributed by atoms with van der Waals surface area (Å²) >= 11 is 0. The normalized spacial score (nSPS) is 11.1. The van der Waals surface area contributed by atoms with Gasteiger partial charge in [0, 0.05) is 31.6 Å². The summed E-state index contributed by atoms with van der Waals surface area (Å²) in [6.45, 7) is -0.452. The molecule has 2 N–H and O–H groups in total. The molecular weight excluding hydrogens is 302 g/mol. The maximum absolute atomic E-state index is 13.7. The highest BCUT2D eigenvalue weighted by atomic mass is 32.2. The molecule has 1 aromatic carbocycles. The van der Waals surface area contributed by atoms with E-state index >= 15 is 0 Å². The fourth-order valence-corrected chi connectivity index (χ4v) is 3.16. The standard InChI is InChI=1S/C12H12F2N4O2S/c13-10-7-9(17)8-11(12(10)14)21(19,20)18(5-1-3-15)6-2-4-16/h7-8H,1-2,5-6,17H2. The molecular formula is C12H12F2N4O2S. The van der Waals surface area contributed by atoms with Gasteiger partial charge in [-0.3, -0.25) is 0 Å². The molecule has 1 rings (SSSR count). The molecule has 0 aliphatic heterocycles. The third kappa shape index (κ3) is 3.88. The van der Waals surface area contributed by atoms with Crippen molar-refractivity contribution in [3.05, 3.63) is 23.8 Å². The van der Waals surface area contributed by atoms with Crippen LogP contribution in [0.5, 0.6) is 0 Å². The van der Waals surface area contributed by atoms with E-state index in [2.05, 4.69) is 0 Å². The van der Waals surface area contributed by atoms with E-state index in [0.717, 1.165) is 10.4 Å². The Morgan fingerprint density at radius 3 is 2.14 bits per heavy atom. The van der Waals surface area contributed by atoms with Crippen LogP contribution in [-0.2, 0) is 10.0 Å². The van der Waals surface area contributed by atoms with Gasteiger partial charge in [0.25, 0.3) is 0 Å². The van der Waals surface area contributed by atoms with E-state index in [4.69, 9.17) is 16.3 Å². The van der Waals surface area contributed by atoms with Gasteiger partial charge in [-0.25, -0.2) is 17.2 Å². The van der Waals surface area contributed by atoms with Crippen LogP contribution in [0.1, 0.15) is 12.8 Å². The Kier molecular flexibility index (Phi) is 5.59. The minimum absolute atomic E-state index is 0.142. The van der Waals surface area contributed by atoms with Crippen molar-refractivity contribution >= 4 is 15.7 Å². The molecule has 0 saturated carbocycles. The number of hydrogen-bond donors (Lipinski definition) is 1. The van der Waals surface area contributed by atoms with Gasteiger partial charge in [-0.05, 0) is 12.1 Å². The van der Waals surface area contributed by atoms with Crippen molar-refractivity contribution in [1.29, 1.82) is 10.5 Å². The smallest absolute Gasteiger partial charge is 0.246 e. The van der Waals surface area contributed by atoms with Gasteiger partial charge in [0.15, 0.2) is 11.6 Å². The van der Waals surface area contributed by atoms with Crippen LogP contribution in [0, 0.1) is 34.3 Å². The minimum atomic E-state index is -4.39. The van der Waals surface area contributed by atoms with Crippen molar-refractivity contribution < 1.29 is 17.2 Å². The molecule has 9 heteroatoms. The van der Waals surface area contributed by atoms with E-state index in [1.165, 1.54) is 0 Å². The van der Waals surface area contributed by atoms with Crippen LogP contribution < -0.4 is 5.73 Å². The monoisotopic (exact) mass is 314 g/mol. The number of nitriles is 2. The number of nitrogens with two attached hydrogens (primary N) is 1. The van der Waals surface area contributed by atoms with Crippen molar-refractivity contribution in [1.82, 2.24) is 4.31 Å². The number of hydrogen-bond acceptors (Lipinski definition) is 5. The first-order valence-electron chi connectivity index (χ1n) is 5.83. The molecule has 0 heterocycles. The lowest BCUT2D eigenvalue weighted by Gasteiger charge is -2.20. The van der Waals surface area contributed by atoms with Crippen molar-refractivity contribution in [2.24, 2.45) is 0 Å². The Balaban J connectivity index is 3.29. The van der Waals surface area contributed by atoms with Gasteiger partial charge in [0.1, 0.15) is 4.90 Å². The van der Waals surface area contributed by atoms with Crippen LogP contribution in [0.25, 0.3) is 0 Å². The van der Waals surface area contributed by atoms with E-state index < -0.39 is 26.6 Å². The highest BCUT2D eigenvalue weighted by Crippen LogP contribution is 2.24. The van der Waals surface area contributed by atoms with Crippen molar-refractivity contribution in [3.63, 3.8) is 0 Å². The van der Waals surface area contributed by atoms with Crippen LogP contribution in [0.3, 0.4) is 0 Å². The fraction of sp³-hybridized carbons (Fsp3) is 0.333. The van der Waals surface area contributed by atoms with Gasteiger partial charge >= 0.3 is 0 Å². The van der Waals surface area contributed by atoms with Crippen molar-refractivity contribution in [2.75, 3.05) is 18.8 Å². The third-order valence-electron chi connectivity index (χ3n) is 2.58. The molecule has 0 atom stereocenters. The van der Waals surface area contributed by atoms with Crippen LogP contribution >= 0.6 is 0 Å². The first kappa shape index (κ1) is 16.8. The van der Waals surface area contributed by atoms with E-state index in [-0.39, 0.29) is 31.6 Å². The molecule has 1 aromatic rings. The highest BCUT2D eigenvalue weighted by molar-refractivity contribution is 7.89. The van der Waals surface area contributed by atoms with Crippen molar-refractivity contribution in [2.45, 2.75) is 17.7 Å². The number of benzene rings is 1. The highest BCUT2D eigenvalue weighted by Gasteiger charge is 2.29. The molecule has 21 heavy (non-hydrogen) atoms. The number of halogens is 2. The first-order chi connectivity index (χ1) is 9.84. The Morgan fingerprint density at radius 2 is 1.67 bits per heavy atom. The second-order valence-corrected chi connectivity index (χ2v) is 5.94. The Bertz CT molecular complexity index is 689. The lowest BCUT2D eigenvalue weighted by molar-refractivity contribution is 0.416. The minimum Gasteiger partial charge on any atom is -0.399 e. The molecule has 0 aliphatic rings. The number of nitrogens with zero attached hydrogens (tertiary/aromatic N) is 3. The fourth-order valence-electron chi connectivity index (χ4n) is 1.61. The van der Waals surface area contributed by atoms with Crippen LogP contribution in [0.2, 0.25) is 0 Å². The maximum atomic E-state index is 13.7. The predicted octanol–water partition coefficient (Wildman–Crippen LogP) is 1.37. The first-order valence-corrected chi connectivity index (χ1v) is 7.27. The third-order valence-corrected chi connectivity index (χ3v) is 4.48. The molecule has 0 amide bonds. The Labute approximate surface area is 121 Å². The van der Waals surface area contributed by atoms with E-state index in [0.29, 0.717) is 6.07 Å². The second kappa shape index (κ2) is 6.97. The summed E-state index contributed by atoms with van der Waals surface area (Å²) in [4.78, 5) is -0.907. The molecule has 6 nitrogen and oxygen atoms in total. The van der Waals surface area contributed by atoms with E-state index in [9.17, 15) is 17.2 Å². The zero-order valence-electron chi connectivity index (χ0n) is 10.9. The average Bonchev–Trinajstić information content (AvgIpc) is 2.42. The lowest BCUT2D eigenvalue weighted by atomic mass is 10.3. The van der Waals surface area contributed by atoms with Crippen LogP contribution in [0.4, 0.5) is 14.5 Å². The van der Waals surface area contributed by atoms with Gasteiger partial charge in [0.05, 0.1) is 12.1 Å². The molecule has 0 radical (unpaired) electrons. The number of nitrogen functional groups attached to an aromatic ring is 1. The average molecular weight is 314 g/mol. The zero-order chi connectivity index (χ0) is 16.0. The summed E-state index contributed by atoms with van der Waals surface area (Å²) in [5, 5.41) is 17.1. The molecule has 0 aromatic heterocycles. The SMILES string of the molecule is N#CCCN(CCC#N)S(=O)(=O)c1cc(N)cc(F)c1F. The van der Waals surface area contributed by atoms with Crippen molar-refractivity contribution in [3.8, 4) is 12.1 Å². The van der Waals surface area contributed by atoms with Gasteiger partial charge in [-0.1, -0.05) is 0 Å². The Morgan fingerprint density at radius 1 is 1.14 bits per heavy atom. The summed E-state index contributed by atoms with van der Waals surface area (Å²) in [6, 6.07) is 4.98. The van der Waals surface area contributed by atoms with E-state index in [1.54, 1.807) is 12.1 Å². The molecule has 0 saturated heterocycles. The molecule has 0 spiro atoms. The largest absolute Gasteiger partial charge is 0.399 e. The lowest BCUT2D eigenvalue weighted by Crippen LogP contribution is -2.33. The summed E-state index contributed by atoms with van der Waals surface area (Å²) in [5.41, 5.74) is 5.09. The van der Waals surface area contributed by atoms with Gasteiger partial charge < -0.3 is 5.73 Å². The predicted molar refractivity (Wildman–Crippen MR) is 70.0 cm³/mol. The molecule has 0 unspecified atom stereocenters. The number of anilines is 1. The van der Waals surface area contributed by atoms with E-state index in [1.807, 2.05) is 0 Å².